The third-order valence-electron chi connectivity index (χ3n) is 3.48. The van der Waals surface area contributed by atoms with E-state index in [1.54, 1.807) is 18.4 Å². The first-order valence-corrected chi connectivity index (χ1v) is 7.31. The lowest BCUT2D eigenvalue weighted by molar-refractivity contribution is -0.138. The largest absolute Gasteiger partial charge is 0.496 e. The molecule has 0 aliphatic carbocycles. The van der Waals surface area contributed by atoms with Crippen LogP contribution in [0.25, 0.3) is 0 Å². The molecule has 1 aromatic carbocycles. The third kappa shape index (κ3) is 3.02. The van der Waals surface area contributed by atoms with Crippen LogP contribution in [-0.4, -0.2) is 18.2 Å². The topological polar surface area (TPSA) is 46.5 Å². The zero-order valence-corrected chi connectivity index (χ0v) is 12.7. The Kier molecular flexibility index (Phi) is 4.45. The quantitative estimate of drug-likeness (QED) is 0.911. The molecule has 2 rings (SSSR count). The van der Waals surface area contributed by atoms with E-state index in [0.29, 0.717) is 6.42 Å². The summed E-state index contributed by atoms with van der Waals surface area (Å²) in [6.45, 7) is 3.95. The van der Waals surface area contributed by atoms with E-state index < -0.39 is 11.9 Å². The van der Waals surface area contributed by atoms with Gasteiger partial charge in [0.25, 0.3) is 0 Å². The summed E-state index contributed by atoms with van der Waals surface area (Å²) in [4.78, 5) is 12.7. The Balaban J connectivity index is 2.32. The highest BCUT2D eigenvalue weighted by molar-refractivity contribution is 7.10. The highest BCUT2D eigenvalue weighted by Crippen LogP contribution is 2.29. The molecule has 2 aromatic rings. The minimum absolute atomic E-state index is 0.517. The van der Waals surface area contributed by atoms with Crippen molar-refractivity contribution in [2.75, 3.05) is 7.11 Å². The van der Waals surface area contributed by atoms with Crippen LogP contribution in [-0.2, 0) is 11.2 Å². The Morgan fingerprint density at radius 1 is 1.30 bits per heavy atom. The smallest absolute Gasteiger partial charge is 0.311 e. The number of aryl methyl sites for hydroxylation is 2. The number of benzene rings is 1. The fourth-order valence-corrected chi connectivity index (χ4v) is 3.22. The third-order valence-corrected chi connectivity index (χ3v) is 4.52. The van der Waals surface area contributed by atoms with Gasteiger partial charge in [0.1, 0.15) is 5.75 Å². The number of carbonyl (C=O) groups is 1. The predicted octanol–water partition coefficient (Wildman–Crippen LogP) is 3.78. The summed E-state index contributed by atoms with van der Waals surface area (Å²) in [6.07, 6.45) is 0.532. The van der Waals surface area contributed by atoms with Crippen molar-refractivity contribution >= 4 is 17.3 Å². The molecule has 3 nitrogen and oxygen atoms in total. The van der Waals surface area contributed by atoms with Crippen LogP contribution >= 0.6 is 11.3 Å². The molecule has 0 amide bonds. The van der Waals surface area contributed by atoms with E-state index in [0.717, 1.165) is 27.3 Å². The number of carboxylic acids is 1. The van der Waals surface area contributed by atoms with Gasteiger partial charge in [-0.15, -0.1) is 11.3 Å². The summed E-state index contributed by atoms with van der Waals surface area (Å²) in [5.74, 6) is -0.524. The second kappa shape index (κ2) is 6.09. The number of ether oxygens (including phenoxy) is 1. The fraction of sp³-hybridized carbons (Fsp3) is 0.312. The summed E-state index contributed by atoms with van der Waals surface area (Å²) in [5.41, 5.74) is 2.94. The molecule has 20 heavy (non-hydrogen) atoms. The van der Waals surface area contributed by atoms with Gasteiger partial charge in [-0.1, -0.05) is 12.1 Å². The number of methoxy groups -OCH3 is 1. The fourth-order valence-electron chi connectivity index (χ4n) is 2.26. The molecular weight excluding hydrogens is 272 g/mol. The molecule has 4 heteroatoms. The average Bonchev–Trinajstić information content (AvgIpc) is 2.81. The van der Waals surface area contributed by atoms with Crippen LogP contribution in [0.3, 0.4) is 0 Å². The standard InChI is InChI=1S/C16H18O3S/c1-10-6-7-20-15(10)9-13(16(17)18)12-4-5-14(19-3)11(2)8-12/h4-8,13H,9H2,1-3H3,(H,17,18). The van der Waals surface area contributed by atoms with Crippen LogP contribution in [0.15, 0.2) is 29.6 Å². The average molecular weight is 290 g/mol. The molecule has 0 saturated carbocycles. The minimum Gasteiger partial charge on any atom is -0.496 e. The van der Waals surface area contributed by atoms with Crippen molar-refractivity contribution in [1.29, 1.82) is 0 Å². The van der Waals surface area contributed by atoms with Gasteiger partial charge in [0.2, 0.25) is 0 Å². The minimum atomic E-state index is -0.789. The molecule has 0 saturated heterocycles. The van der Waals surface area contributed by atoms with Crippen molar-refractivity contribution in [3.8, 4) is 5.75 Å². The molecule has 1 atom stereocenters. The Morgan fingerprint density at radius 2 is 2.05 bits per heavy atom. The second-order valence-electron chi connectivity index (χ2n) is 4.85. The molecule has 0 bridgehead atoms. The number of rotatable bonds is 5. The Bertz CT molecular complexity index is 616. The van der Waals surface area contributed by atoms with E-state index in [4.69, 9.17) is 4.74 Å². The second-order valence-corrected chi connectivity index (χ2v) is 5.85. The van der Waals surface area contributed by atoms with E-state index in [1.807, 2.05) is 43.5 Å². The Morgan fingerprint density at radius 3 is 2.55 bits per heavy atom. The van der Waals surface area contributed by atoms with E-state index in [2.05, 4.69) is 0 Å². The monoisotopic (exact) mass is 290 g/mol. The first-order chi connectivity index (χ1) is 9.52. The maximum absolute atomic E-state index is 11.6. The van der Waals surface area contributed by atoms with Crippen LogP contribution in [0.4, 0.5) is 0 Å². The van der Waals surface area contributed by atoms with Gasteiger partial charge >= 0.3 is 5.97 Å². The lowest BCUT2D eigenvalue weighted by Crippen LogP contribution is -2.14. The number of carboxylic acid groups (broad SMARTS) is 1. The molecule has 0 aliphatic heterocycles. The maximum atomic E-state index is 11.6. The molecular formula is C16H18O3S. The van der Waals surface area contributed by atoms with Gasteiger partial charge in [0.15, 0.2) is 0 Å². The summed E-state index contributed by atoms with van der Waals surface area (Å²) in [6, 6.07) is 7.61. The van der Waals surface area contributed by atoms with Crippen LogP contribution in [0.1, 0.15) is 27.5 Å². The highest BCUT2D eigenvalue weighted by atomic mass is 32.1. The molecule has 0 spiro atoms. The number of aliphatic carboxylic acids is 1. The first kappa shape index (κ1) is 14.6. The number of hydrogen-bond donors (Lipinski definition) is 1. The lowest BCUT2D eigenvalue weighted by atomic mass is 9.93. The van der Waals surface area contributed by atoms with Crippen molar-refractivity contribution < 1.29 is 14.6 Å². The summed E-state index contributed by atoms with van der Waals surface area (Å²) in [7, 11) is 1.62. The molecule has 1 N–H and O–H groups in total. The zero-order valence-electron chi connectivity index (χ0n) is 11.8. The van der Waals surface area contributed by atoms with Gasteiger partial charge < -0.3 is 9.84 Å². The van der Waals surface area contributed by atoms with Crippen LogP contribution in [0.2, 0.25) is 0 Å². The van der Waals surface area contributed by atoms with Crippen molar-refractivity contribution in [3.05, 3.63) is 51.2 Å². The van der Waals surface area contributed by atoms with Crippen LogP contribution in [0.5, 0.6) is 5.75 Å². The van der Waals surface area contributed by atoms with E-state index in [9.17, 15) is 9.90 Å². The molecule has 106 valence electrons. The lowest BCUT2D eigenvalue weighted by Gasteiger charge is -2.14. The number of thiophene rings is 1. The molecule has 0 fully saturated rings. The van der Waals surface area contributed by atoms with Gasteiger partial charge in [-0.25, -0.2) is 0 Å². The van der Waals surface area contributed by atoms with Crippen molar-refractivity contribution in [1.82, 2.24) is 0 Å². The summed E-state index contributed by atoms with van der Waals surface area (Å²) in [5, 5.41) is 11.5. The molecule has 0 radical (unpaired) electrons. The normalized spacial score (nSPS) is 12.2. The molecule has 1 aromatic heterocycles. The van der Waals surface area contributed by atoms with Gasteiger partial charge in [0.05, 0.1) is 13.0 Å². The highest BCUT2D eigenvalue weighted by Gasteiger charge is 2.22. The maximum Gasteiger partial charge on any atom is 0.311 e. The van der Waals surface area contributed by atoms with Gasteiger partial charge in [0, 0.05) is 4.88 Å². The van der Waals surface area contributed by atoms with E-state index in [-0.39, 0.29) is 0 Å². The van der Waals surface area contributed by atoms with Crippen molar-refractivity contribution in [3.63, 3.8) is 0 Å². The summed E-state index contributed by atoms with van der Waals surface area (Å²) >= 11 is 1.61. The molecule has 0 aliphatic rings. The van der Waals surface area contributed by atoms with Crippen LogP contribution < -0.4 is 4.74 Å². The van der Waals surface area contributed by atoms with Gasteiger partial charge in [-0.3, -0.25) is 4.79 Å². The van der Waals surface area contributed by atoms with Gasteiger partial charge in [-0.05, 0) is 54.5 Å². The van der Waals surface area contributed by atoms with Gasteiger partial charge in [-0.2, -0.15) is 0 Å². The SMILES string of the molecule is COc1ccc(C(Cc2sccc2C)C(=O)O)cc1C. The first-order valence-electron chi connectivity index (χ1n) is 6.43. The molecule has 1 heterocycles. The van der Waals surface area contributed by atoms with E-state index in [1.165, 1.54) is 0 Å². The zero-order chi connectivity index (χ0) is 14.7. The van der Waals surface area contributed by atoms with Crippen molar-refractivity contribution in [2.45, 2.75) is 26.2 Å². The van der Waals surface area contributed by atoms with Crippen molar-refractivity contribution in [2.24, 2.45) is 0 Å². The number of hydrogen-bond acceptors (Lipinski definition) is 3. The predicted molar refractivity (Wildman–Crippen MR) is 80.9 cm³/mol. The summed E-state index contributed by atoms with van der Waals surface area (Å²) < 4.78 is 5.22. The Labute approximate surface area is 122 Å². The molecule has 1 unspecified atom stereocenters. The van der Waals surface area contributed by atoms with E-state index >= 15 is 0 Å². The van der Waals surface area contributed by atoms with Crippen LogP contribution in [0, 0.1) is 13.8 Å². The Hall–Kier alpha value is -1.81.